The zero-order valence-electron chi connectivity index (χ0n) is 6.57. The summed E-state index contributed by atoms with van der Waals surface area (Å²) in [7, 11) is 0. The molecule has 2 rings (SSSR count). The zero-order valence-corrected chi connectivity index (χ0v) is 8.97. The van der Waals surface area contributed by atoms with Crippen molar-refractivity contribution in [2.75, 3.05) is 0 Å². The minimum absolute atomic E-state index is 0.572. The van der Waals surface area contributed by atoms with Crippen molar-refractivity contribution < 1.29 is 5.11 Å². The first-order valence-corrected chi connectivity index (χ1v) is 5.36. The van der Waals surface area contributed by atoms with Crippen LogP contribution in [-0.2, 0) is 0 Å². The van der Waals surface area contributed by atoms with Crippen molar-refractivity contribution in [3.05, 3.63) is 39.0 Å². The van der Waals surface area contributed by atoms with Crippen LogP contribution in [0.5, 0.6) is 0 Å². The summed E-state index contributed by atoms with van der Waals surface area (Å²) >= 11 is 4.86. The zero-order chi connectivity index (χ0) is 9.26. The maximum absolute atomic E-state index is 9.84. The maximum Gasteiger partial charge on any atom is 0.147 e. The number of aliphatic hydroxyl groups is 1. The number of thiophene rings is 1. The summed E-state index contributed by atoms with van der Waals surface area (Å²) in [5.41, 5.74) is 0. The Hall–Kier alpha value is -0.650. The Morgan fingerprint density at radius 3 is 3.00 bits per heavy atom. The number of halogens is 1. The van der Waals surface area contributed by atoms with Gasteiger partial charge in [0.15, 0.2) is 0 Å². The summed E-state index contributed by atoms with van der Waals surface area (Å²) in [6, 6.07) is 1.91. The fourth-order valence-electron chi connectivity index (χ4n) is 1.05. The van der Waals surface area contributed by atoms with Crippen LogP contribution in [0.15, 0.2) is 28.3 Å². The molecule has 2 heterocycles. The number of hydrogen-bond acceptors (Lipinski definition) is 3. The molecule has 5 heteroatoms. The van der Waals surface area contributed by atoms with Gasteiger partial charge >= 0.3 is 0 Å². The predicted octanol–water partition coefficient (Wildman–Crippen LogP) is 2.32. The van der Waals surface area contributed by atoms with E-state index in [4.69, 9.17) is 0 Å². The summed E-state index contributed by atoms with van der Waals surface area (Å²) in [5.74, 6) is 0.572. The molecule has 0 spiro atoms. The number of aliphatic hydroxyl groups excluding tert-OH is 1. The van der Waals surface area contributed by atoms with Crippen LogP contribution in [0, 0.1) is 0 Å². The molecule has 0 radical (unpaired) electrons. The van der Waals surface area contributed by atoms with Crippen LogP contribution in [0.4, 0.5) is 0 Å². The number of hydrogen-bond donors (Lipinski definition) is 2. The van der Waals surface area contributed by atoms with Crippen molar-refractivity contribution in [1.29, 1.82) is 0 Å². The first kappa shape index (κ1) is 8.93. The molecule has 0 fully saturated rings. The van der Waals surface area contributed by atoms with E-state index in [1.165, 1.54) is 11.3 Å². The molecule has 0 saturated carbocycles. The van der Waals surface area contributed by atoms with Crippen molar-refractivity contribution in [2.24, 2.45) is 0 Å². The van der Waals surface area contributed by atoms with Crippen molar-refractivity contribution in [2.45, 2.75) is 6.10 Å². The molecule has 0 aromatic carbocycles. The monoisotopic (exact) mass is 258 g/mol. The second kappa shape index (κ2) is 3.61. The third-order valence-electron chi connectivity index (χ3n) is 1.67. The average Bonchev–Trinajstić information content (AvgIpc) is 2.72. The molecule has 0 bridgehead atoms. The normalized spacial score (nSPS) is 13.1. The molecule has 2 aromatic rings. The molecule has 2 aromatic heterocycles. The number of aromatic amines is 1. The van der Waals surface area contributed by atoms with Crippen molar-refractivity contribution in [3.8, 4) is 0 Å². The van der Waals surface area contributed by atoms with Gasteiger partial charge < -0.3 is 10.1 Å². The van der Waals surface area contributed by atoms with Gasteiger partial charge in [-0.15, -0.1) is 11.3 Å². The second-order valence-corrected chi connectivity index (χ2v) is 4.31. The molecule has 1 unspecified atom stereocenters. The van der Waals surface area contributed by atoms with E-state index in [-0.39, 0.29) is 0 Å². The summed E-state index contributed by atoms with van der Waals surface area (Å²) in [5, 5.41) is 11.8. The Balaban J connectivity index is 2.33. The number of nitrogens with one attached hydrogen (secondary N) is 1. The van der Waals surface area contributed by atoms with Gasteiger partial charge in [-0.2, -0.15) is 0 Å². The smallest absolute Gasteiger partial charge is 0.147 e. The maximum atomic E-state index is 9.84. The highest BCUT2D eigenvalue weighted by molar-refractivity contribution is 9.10. The molecule has 3 nitrogen and oxygen atoms in total. The van der Waals surface area contributed by atoms with E-state index in [0.717, 1.165) is 9.35 Å². The molecule has 0 aliphatic carbocycles. The summed E-state index contributed by atoms with van der Waals surface area (Å²) in [6.45, 7) is 0. The lowest BCUT2D eigenvalue weighted by molar-refractivity contribution is 0.214. The van der Waals surface area contributed by atoms with Crippen LogP contribution >= 0.6 is 27.3 Å². The van der Waals surface area contributed by atoms with Gasteiger partial charge in [0.2, 0.25) is 0 Å². The predicted molar refractivity (Wildman–Crippen MR) is 54.7 cm³/mol. The molecule has 13 heavy (non-hydrogen) atoms. The third-order valence-corrected chi connectivity index (χ3v) is 3.59. The summed E-state index contributed by atoms with van der Waals surface area (Å²) in [6.07, 6.45) is 2.66. The highest BCUT2D eigenvalue weighted by atomic mass is 79.9. The van der Waals surface area contributed by atoms with E-state index in [1.54, 1.807) is 12.4 Å². The fourth-order valence-corrected chi connectivity index (χ4v) is 2.63. The van der Waals surface area contributed by atoms with E-state index in [0.29, 0.717) is 5.82 Å². The van der Waals surface area contributed by atoms with Gasteiger partial charge in [-0.25, -0.2) is 4.98 Å². The highest BCUT2D eigenvalue weighted by Crippen LogP contribution is 2.31. The van der Waals surface area contributed by atoms with Crippen LogP contribution in [0.2, 0.25) is 0 Å². The highest BCUT2D eigenvalue weighted by Gasteiger charge is 2.16. The molecule has 2 N–H and O–H groups in total. The molecule has 0 aliphatic rings. The van der Waals surface area contributed by atoms with Crippen LogP contribution in [0.3, 0.4) is 0 Å². The second-order valence-electron chi connectivity index (χ2n) is 2.51. The Bertz CT molecular complexity index is 385. The SMILES string of the molecule is OC(c1ncc[nH]1)c1sccc1Br. The number of nitrogens with zero attached hydrogens (tertiary/aromatic N) is 1. The number of rotatable bonds is 2. The van der Waals surface area contributed by atoms with Crippen LogP contribution in [0.1, 0.15) is 16.8 Å². The average molecular weight is 259 g/mol. The largest absolute Gasteiger partial charge is 0.380 e. The lowest BCUT2D eigenvalue weighted by Gasteiger charge is -2.05. The van der Waals surface area contributed by atoms with Crippen LogP contribution in [-0.4, -0.2) is 15.1 Å². The van der Waals surface area contributed by atoms with Gasteiger partial charge in [-0.05, 0) is 27.4 Å². The molecule has 0 amide bonds. The van der Waals surface area contributed by atoms with E-state index >= 15 is 0 Å². The van der Waals surface area contributed by atoms with Crippen LogP contribution in [0.25, 0.3) is 0 Å². The Morgan fingerprint density at radius 1 is 1.62 bits per heavy atom. The lowest BCUT2D eigenvalue weighted by Crippen LogP contribution is -1.99. The van der Waals surface area contributed by atoms with Gasteiger partial charge in [0.05, 0.1) is 4.88 Å². The van der Waals surface area contributed by atoms with Crippen molar-refractivity contribution >= 4 is 27.3 Å². The van der Waals surface area contributed by atoms with Gasteiger partial charge in [0, 0.05) is 16.9 Å². The van der Waals surface area contributed by atoms with Crippen molar-refractivity contribution in [3.63, 3.8) is 0 Å². The van der Waals surface area contributed by atoms with E-state index in [9.17, 15) is 5.11 Å². The third kappa shape index (κ3) is 1.67. The first-order valence-electron chi connectivity index (χ1n) is 3.69. The summed E-state index contributed by atoms with van der Waals surface area (Å²) < 4.78 is 0.918. The fraction of sp³-hybridized carbons (Fsp3) is 0.125. The number of imidazole rings is 1. The molecule has 68 valence electrons. The van der Waals surface area contributed by atoms with Crippen LogP contribution < -0.4 is 0 Å². The van der Waals surface area contributed by atoms with E-state index in [2.05, 4.69) is 25.9 Å². The molecular formula is C8H7BrN2OS. The van der Waals surface area contributed by atoms with Gasteiger partial charge in [-0.3, -0.25) is 0 Å². The minimum Gasteiger partial charge on any atom is -0.380 e. The number of aromatic nitrogens is 2. The standard InChI is InChI=1S/C8H7BrN2OS/c9-5-1-4-13-7(5)6(12)8-10-2-3-11-8/h1-4,6,12H,(H,10,11). The molecule has 0 aliphatic heterocycles. The lowest BCUT2D eigenvalue weighted by atomic mass is 10.3. The number of H-pyrrole nitrogens is 1. The first-order chi connectivity index (χ1) is 6.29. The Labute approximate surface area is 87.6 Å². The quantitative estimate of drug-likeness (QED) is 0.869. The Morgan fingerprint density at radius 2 is 2.46 bits per heavy atom. The van der Waals surface area contributed by atoms with Gasteiger partial charge in [-0.1, -0.05) is 0 Å². The molecule has 0 saturated heterocycles. The molecular weight excluding hydrogens is 252 g/mol. The topological polar surface area (TPSA) is 48.9 Å². The summed E-state index contributed by atoms with van der Waals surface area (Å²) in [4.78, 5) is 7.74. The van der Waals surface area contributed by atoms with E-state index < -0.39 is 6.10 Å². The van der Waals surface area contributed by atoms with Gasteiger partial charge in [0.25, 0.3) is 0 Å². The van der Waals surface area contributed by atoms with Gasteiger partial charge in [0.1, 0.15) is 11.9 Å². The minimum atomic E-state index is -0.663. The Kier molecular flexibility index (Phi) is 2.48. The molecule has 1 atom stereocenters. The van der Waals surface area contributed by atoms with E-state index in [1.807, 2.05) is 11.4 Å². The van der Waals surface area contributed by atoms with Crippen molar-refractivity contribution in [1.82, 2.24) is 9.97 Å².